The molecule has 1 unspecified atom stereocenters. The van der Waals surface area contributed by atoms with Crippen molar-refractivity contribution in [3.63, 3.8) is 0 Å². The van der Waals surface area contributed by atoms with Crippen LogP contribution in [0.4, 0.5) is 5.13 Å². The van der Waals surface area contributed by atoms with Crippen LogP contribution in [-0.2, 0) is 6.54 Å². The maximum Gasteiger partial charge on any atom is 0.185 e. The number of thiazole rings is 2. The highest BCUT2D eigenvalue weighted by Gasteiger charge is 2.13. The molecule has 1 N–H and O–H groups in total. The van der Waals surface area contributed by atoms with E-state index in [-0.39, 0.29) is 0 Å². The SMILES string of the molecule is CCNC(C)c1csc(N(C)Cc2scnc2C)n1. The van der Waals surface area contributed by atoms with Gasteiger partial charge in [0.25, 0.3) is 0 Å². The Morgan fingerprint density at radius 3 is 2.84 bits per heavy atom. The lowest BCUT2D eigenvalue weighted by atomic mass is 10.3. The van der Waals surface area contributed by atoms with Gasteiger partial charge < -0.3 is 10.2 Å². The molecule has 19 heavy (non-hydrogen) atoms. The van der Waals surface area contributed by atoms with Crippen LogP contribution in [0.2, 0.25) is 0 Å². The highest BCUT2D eigenvalue weighted by Crippen LogP contribution is 2.25. The lowest BCUT2D eigenvalue weighted by Gasteiger charge is -2.15. The molecule has 0 aliphatic carbocycles. The Morgan fingerprint density at radius 2 is 2.21 bits per heavy atom. The summed E-state index contributed by atoms with van der Waals surface area (Å²) in [5, 5.41) is 6.59. The maximum atomic E-state index is 4.71. The average Bonchev–Trinajstić information content (AvgIpc) is 2.99. The van der Waals surface area contributed by atoms with E-state index in [1.165, 1.54) is 4.88 Å². The van der Waals surface area contributed by atoms with Crippen LogP contribution in [0.15, 0.2) is 10.9 Å². The van der Waals surface area contributed by atoms with Gasteiger partial charge in [-0.3, -0.25) is 0 Å². The first kappa shape index (κ1) is 14.4. The summed E-state index contributed by atoms with van der Waals surface area (Å²) in [6.45, 7) is 8.15. The number of hydrogen-bond donors (Lipinski definition) is 1. The number of anilines is 1. The van der Waals surface area contributed by atoms with Gasteiger partial charge in [-0.15, -0.1) is 22.7 Å². The summed E-state index contributed by atoms with van der Waals surface area (Å²) in [6, 6.07) is 0.313. The van der Waals surface area contributed by atoms with Gasteiger partial charge in [-0.1, -0.05) is 6.92 Å². The predicted octanol–water partition coefficient (Wildman–Crippen LogP) is 3.21. The number of hydrogen-bond acceptors (Lipinski definition) is 6. The molecule has 6 heteroatoms. The van der Waals surface area contributed by atoms with Gasteiger partial charge in [0.1, 0.15) is 0 Å². The summed E-state index contributed by atoms with van der Waals surface area (Å²) in [5.74, 6) is 0. The molecule has 1 atom stereocenters. The quantitative estimate of drug-likeness (QED) is 0.888. The van der Waals surface area contributed by atoms with Crippen molar-refractivity contribution < 1.29 is 0 Å². The highest BCUT2D eigenvalue weighted by molar-refractivity contribution is 7.13. The molecule has 0 spiro atoms. The second-order valence-corrected chi connectivity index (χ2v) is 6.33. The van der Waals surface area contributed by atoms with Crippen molar-refractivity contribution in [3.8, 4) is 0 Å². The standard InChI is InChI=1S/C13H20N4S2/c1-5-14-9(2)11-7-18-13(16-11)17(4)6-12-10(3)15-8-19-12/h7-9,14H,5-6H2,1-4H3. The molecule has 2 heterocycles. The fourth-order valence-corrected chi connectivity index (χ4v) is 3.54. The molecule has 4 nitrogen and oxygen atoms in total. The average molecular weight is 296 g/mol. The van der Waals surface area contributed by atoms with E-state index in [0.717, 1.165) is 29.6 Å². The number of nitrogens with one attached hydrogen (secondary N) is 1. The third-order valence-electron chi connectivity index (χ3n) is 3.02. The Balaban J connectivity index is 2.04. The van der Waals surface area contributed by atoms with E-state index >= 15 is 0 Å². The van der Waals surface area contributed by atoms with Gasteiger partial charge in [0.15, 0.2) is 5.13 Å². The lowest BCUT2D eigenvalue weighted by molar-refractivity contribution is 0.586. The fourth-order valence-electron chi connectivity index (χ4n) is 1.82. The summed E-state index contributed by atoms with van der Waals surface area (Å²) in [4.78, 5) is 12.5. The van der Waals surface area contributed by atoms with Crippen LogP contribution in [0.25, 0.3) is 0 Å². The van der Waals surface area contributed by atoms with Gasteiger partial charge in [-0.05, 0) is 20.4 Å². The zero-order chi connectivity index (χ0) is 13.8. The van der Waals surface area contributed by atoms with Crippen LogP contribution in [0, 0.1) is 6.92 Å². The van der Waals surface area contributed by atoms with Gasteiger partial charge in [0.05, 0.1) is 23.4 Å². The molecular formula is C13H20N4S2. The van der Waals surface area contributed by atoms with Crippen LogP contribution in [0.1, 0.15) is 36.2 Å². The summed E-state index contributed by atoms with van der Waals surface area (Å²) >= 11 is 3.40. The van der Waals surface area contributed by atoms with Gasteiger partial charge in [-0.2, -0.15) is 0 Å². The first-order chi connectivity index (χ1) is 9.11. The number of aromatic nitrogens is 2. The molecule has 0 aromatic carbocycles. The van der Waals surface area contributed by atoms with Crippen molar-refractivity contribution >= 4 is 27.8 Å². The lowest BCUT2D eigenvalue weighted by Crippen LogP contribution is -2.19. The third-order valence-corrected chi connectivity index (χ3v) is 4.91. The fraction of sp³-hybridized carbons (Fsp3) is 0.538. The largest absolute Gasteiger partial charge is 0.346 e. The monoisotopic (exact) mass is 296 g/mol. The Bertz CT molecular complexity index is 520. The summed E-state index contributed by atoms with van der Waals surface area (Å²) in [5.41, 5.74) is 4.14. The van der Waals surface area contributed by atoms with Crippen molar-refractivity contribution in [2.75, 3.05) is 18.5 Å². The Labute approximate surface area is 122 Å². The van der Waals surface area contributed by atoms with E-state index < -0.39 is 0 Å². The van der Waals surface area contributed by atoms with E-state index in [1.807, 2.05) is 5.51 Å². The van der Waals surface area contributed by atoms with Crippen molar-refractivity contribution in [1.29, 1.82) is 0 Å². The highest BCUT2D eigenvalue weighted by atomic mass is 32.1. The van der Waals surface area contributed by atoms with Crippen LogP contribution in [-0.4, -0.2) is 23.6 Å². The van der Waals surface area contributed by atoms with Gasteiger partial charge in [0.2, 0.25) is 0 Å². The van der Waals surface area contributed by atoms with Gasteiger partial charge in [-0.25, -0.2) is 9.97 Å². The Kier molecular flexibility index (Phi) is 4.90. The second-order valence-electron chi connectivity index (χ2n) is 4.55. The van der Waals surface area contributed by atoms with Crippen LogP contribution in [0.5, 0.6) is 0 Å². The minimum Gasteiger partial charge on any atom is -0.346 e. The van der Waals surface area contributed by atoms with Crippen LogP contribution >= 0.6 is 22.7 Å². The molecule has 0 radical (unpaired) electrons. The molecular weight excluding hydrogens is 276 g/mol. The first-order valence-corrected chi connectivity index (χ1v) is 8.16. The van der Waals surface area contributed by atoms with Crippen LogP contribution < -0.4 is 10.2 Å². The smallest absolute Gasteiger partial charge is 0.185 e. The zero-order valence-electron chi connectivity index (χ0n) is 11.8. The van der Waals surface area contributed by atoms with E-state index in [1.54, 1.807) is 22.7 Å². The Morgan fingerprint density at radius 1 is 1.42 bits per heavy atom. The van der Waals surface area contributed by atoms with Crippen LogP contribution in [0.3, 0.4) is 0 Å². The molecule has 2 rings (SSSR count). The summed E-state index contributed by atoms with van der Waals surface area (Å²) in [6.07, 6.45) is 0. The molecule has 0 fully saturated rings. The molecule has 0 saturated carbocycles. The minimum absolute atomic E-state index is 0.313. The van der Waals surface area contributed by atoms with Crippen molar-refractivity contribution in [2.45, 2.75) is 33.4 Å². The van der Waals surface area contributed by atoms with Crippen molar-refractivity contribution in [2.24, 2.45) is 0 Å². The molecule has 0 bridgehead atoms. The summed E-state index contributed by atoms with van der Waals surface area (Å²) in [7, 11) is 2.08. The maximum absolute atomic E-state index is 4.71. The number of rotatable bonds is 6. The van der Waals surface area contributed by atoms with Gasteiger partial charge in [0, 0.05) is 23.3 Å². The number of nitrogens with zero attached hydrogens (tertiary/aromatic N) is 3. The molecule has 2 aromatic heterocycles. The van der Waals surface area contributed by atoms with E-state index in [0.29, 0.717) is 6.04 Å². The molecule has 104 valence electrons. The molecule has 2 aromatic rings. The first-order valence-electron chi connectivity index (χ1n) is 6.40. The predicted molar refractivity (Wildman–Crippen MR) is 83.2 cm³/mol. The molecule has 0 saturated heterocycles. The second kappa shape index (κ2) is 6.45. The van der Waals surface area contributed by atoms with E-state index in [2.05, 4.69) is 48.4 Å². The zero-order valence-corrected chi connectivity index (χ0v) is 13.4. The number of aryl methyl sites for hydroxylation is 1. The summed E-state index contributed by atoms with van der Waals surface area (Å²) < 4.78 is 0. The molecule has 0 aliphatic heterocycles. The Hall–Kier alpha value is -0.980. The minimum atomic E-state index is 0.313. The van der Waals surface area contributed by atoms with E-state index in [4.69, 9.17) is 4.98 Å². The molecule has 0 amide bonds. The van der Waals surface area contributed by atoms with Crippen molar-refractivity contribution in [1.82, 2.24) is 15.3 Å². The van der Waals surface area contributed by atoms with Crippen molar-refractivity contribution in [3.05, 3.63) is 27.2 Å². The normalized spacial score (nSPS) is 12.6. The third kappa shape index (κ3) is 3.52. The van der Waals surface area contributed by atoms with E-state index in [9.17, 15) is 0 Å². The molecule has 0 aliphatic rings. The topological polar surface area (TPSA) is 41.0 Å². The van der Waals surface area contributed by atoms with Gasteiger partial charge >= 0.3 is 0 Å².